The minimum atomic E-state index is 0.0667. The van der Waals surface area contributed by atoms with E-state index in [0.717, 1.165) is 12.8 Å². The van der Waals surface area contributed by atoms with E-state index in [4.69, 9.17) is 5.73 Å². The number of fused-ring (bicyclic) bond motifs is 1. The highest BCUT2D eigenvalue weighted by molar-refractivity contribution is 5.29. The van der Waals surface area contributed by atoms with Crippen LogP contribution in [0.1, 0.15) is 48.3 Å². The Kier molecular flexibility index (Phi) is 3.62. The Morgan fingerprint density at radius 2 is 2.05 bits per heavy atom. The molecule has 2 unspecified atom stereocenters. The molecule has 1 aromatic carbocycles. The van der Waals surface area contributed by atoms with E-state index in [0.29, 0.717) is 0 Å². The van der Waals surface area contributed by atoms with Crippen molar-refractivity contribution in [1.82, 2.24) is 9.55 Å². The van der Waals surface area contributed by atoms with Crippen LogP contribution in [-0.2, 0) is 12.8 Å². The molecule has 2 N–H and O–H groups in total. The first kappa shape index (κ1) is 13.4. The largest absolute Gasteiger partial charge is 0.326 e. The molecule has 0 bridgehead atoms. The molecule has 1 heterocycles. The summed E-state index contributed by atoms with van der Waals surface area (Å²) in [5.74, 6) is 0. The predicted octanol–water partition coefficient (Wildman–Crippen LogP) is 3.01. The molecule has 1 aromatic heterocycles. The fraction of sp³-hybridized carbons (Fsp3) is 0.471. The summed E-state index contributed by atoms with van der Waals surface area (Å²) in [7, 11) is 0. The van der Waals surface area contributed by atoms with Gasteiger partial charge in [-0.3, -0.25) is 0 Å². The van der Waals surface area contributed by atoms with Gasteiger partial charge in [0, 0.05) is 11.7 Å². The van der Waals surface area contributed by atoms with Crippen LogP contribution in [0.25, 0.3) is 0 Å². The summed E-state index contributed by atoms with van der Waals surface area (Å²) in [6, 6.07) is 8.91. The predicted molar refractivity (Wildman–Crippen MR) is 81.8 cm³/mol. The summed E-state index contributed by atoms with van der Waals surface area (Å²) in [5, 5.41) is 0. The molecule has 0 saturated heterocycles. The summed E-state index contributed by atoms with van der Waals surface area (Å²) in [5.41, 5.74) is 11.5. The van der Waals surface area contributed by atoms with Crippen LogP contribution in [0.4, 0.5) is 0 Å². The number of nitrogens with zero attached hydrogens (tertiary/aromatic N) is 2. The maximum absolute atomic E-state index is 6.29. The van der Waals surface area contributed by atoms with E-state index in [-0.39, 0.29) is 12.1 Å². The van der Waals surface area contributed by atoms with E-state index in [1.807, 2.05) is 6.33 Å². The van der Waals surface area contributed by atoms with E-state index >= 15 is 0 Å². The molecule has 1 aliphatic rings. The third-order valence-electron chi connectivity index (χ3n) is 4.24. The summed E-state index contributed by atoms with van der Waals surface area (Å²) >= 11 is 0. The Labute approximate surface area is 120 Å². The Morgan fingerprint density at radius 3 is 2.80 bits per heavy atom. The maximum Gasteiger partial charge on any atom is 0.0957 e. The average molecular weight is 269 g/mol. The minimum absolute atomic E-state index is 0.0667. The van der Waals surface area contributed by atoms with Gasteiger partial charge < -0.3 is 10.3 Å². The van der Waals surface area contributed by atoms with Gasteiger partial charge in [0.25, 0.3) is 0 Å². The second kappa shape index (κ2) is 5.41. The number of benzene rings is 1. The van der Waals surface area contributed by atoms with Gasteiger partial charge >= 0.3 is 0 Å². The monoisotopic (exact) mass is 269 g/mol. The van der Waals surface area contributed by atoms with Crippen LogP contribution in [-0.4, -0.2) is 15.6 Å². The van der Waals surface area contributed by atoms with Gasteiger partial charge in [0.15, 0.2) is 0 Å². The lowest BCUT2D eigenvalue weighted by atomic mass is 9.96. The number of hydrogen-bond donors (Lipinski definition) is 1. The average Bonchev–Trinajstić information content (AvgIpc) is 2.83. The second-order valence-corrected chi connectivity index (χ2v) is 5.97. The number of imidazole rings is 1. The van der Waals surface area contributed by atoms with Crippen LogP contribution in [0.5, 0.6) is 0 Å². The number of nitrogens with two attached hydrogens (primary N) is 1. The SMILES string of the molecule is Cc1cccc(C(C(C)N)n2cnc3c2CCCC3)c1. The Balaban J connectivity index is 2.05. The van der Waals surface area contributed by atoms with E-state index in [2.05, 4.69) is 47.7 Å². The van der Waals surface area contributed by atoms with Gasteiger partial charge in [-0.05, 0) is 45.1 Å². The van der Waals surface area contributed by atoms with Crippen LogP contribution in [0.2, 0.25) is 0 Å². The molecule has 0 fully saturated rings. The van der Waals surface area contributed by atoms with Gasteiger partial charge in [-0.2, -0.15) is 0 Å². The molecule has 20 heavy (non-hydrogen) atoms. The number of aryl methyl sites for hydroxylation is 2. The van der Waals surface area contributed by atoms with Gasteiger partial charge in [-0.15, -0.1) is 0 Å². The Bertz CT molecular complexity index is 598. The van der Waals surface area contributed by atoms with Crippen molar-refractivity contribution in [2.45, 2.75) is 51.6 Å². The molecule has 2 atom stereocenters. The lowest BCUT2D eigenvalue weighted by Crippen LogP contribution is -2.31. The Hall–Kier alpha value is -1.61. The highest BCUT2D eigenvalue weighted by Crippen LogP contribution is 2.28. The van der Waals surface area contributed by atoms with Gasteiger partial charge in [0.05, 0.1) is 18.1 Å². The van der Waals surface area contributed by atoms with E-state index in [9.17, 15) is 0 Å². The van der Waals surface area contributed by atoms with Crippen molar-refractivity contribution in [2.75, 3.05) is 0 Å². The lowest BCUT2D eigenvalue weighted by Gasteiger charge is -2.26. The van der Waals surface area contributed by atoms with E-state index in [1.54, 1.807) is 0 Å². The molecule has 3 rings (SSSR count). The molecule has 0 aliphatic heterocycles. The molecule has 2 aromatic rings. The van der Waals surface area contributed by atoms with Crippen molar-refractivity contribution in [3.05, 3.63) is 53.1 Å². The molecule has 0 spiro atoms. The third kappa shape index (κ3) is 2.38. The molecule has 0 amide bonds. The fourth-order valence-corrected chi connectivity index (χ4v) is 3.30. The van der Waals surface area contributed by atoms with Crippen molar-refractivity contribution in [3.63, 3.8) is 0 Å². The molecular formula is C17H23N3. The highest BCUT2D eigenvalue weighted by Gasteiger charge is 2.24. The van der Waals surface area contributed by atoms with Crippen molar-refractivity contribution in [2.24, 2.45) is 5.73 Å². The minimum Gasteiger partial charge on any atom is -0.326 e. The molecule has 3 nitrogen and oxygen atoms in total. The summed E-state index contributed by atoms with van der Waals surface area (Å²) in [6.07, 6.45) is 6.76. The first-order valence-electron chi connectivity index (χ1n) is 7.53. The summed E-state index contributed by atoms with van der Waals surface area (Å²) in [6.45, 7) is 4.22. The quantitative estimate of drug-likeness (QED) is 0.931. The van der Waals surface area contributed by atoms with Crippen LogP contribution in [0, 0.1) is 6.92 Å². The number of hydrogen-bond acceptors (Lipinski definition) is 2. The number of rotatable bonds is 3. The van der Waals surface area contributed by atoms with Crippen LogP contribution < -0.4 is 5.73 Å². The van der Waals surface area contributed by atoms with Crippen molar-refractivity contribution in [1.29, 1.82) is 0 Å². The maximum atomic E-state index is 6.29. The summed E-state index contributed by atoms with van der Waals surface area (Å²) < 4.78 is 2.31. The first-order valence-corrected chi connectivity index (χ1v) is 7.53. The van der Waals surface area contributed by atoms with Gasteiger partial charge in [0.1, 0.15) is 0 Å². The summed E-state index contributed by atoms with van der Waals surface area (Å²) in [4.78, 5) is 4.62. The first-order chi connectivity index (χ1) is 9.66. The standard InChI is InChI=1S/C17H23N3/c1-12-6-5-7-14(10-12)17(13(2)18)20-11-19-15-8-3-4-9-16(15)20/h5-7,10-11,13,17H,3-4,8-9,18H2,1-2H3. The van der Waals surface area contributed by atoms with Crippen molar-refractivity contribution >= 4 is 0 Å². The topological polar surface area (TPSA) is 43.8 Å². The van der Waals surface area contributed by atoms with E-state index < -0.39 is 0 Å². The van der Waals surface area contributed by atoms with Gasteiger partial charge in [0.2, 0.25) is 0 Å². The molecule has 106 valence electrons. The fourth-order valence-electron chi connectivity index (χ4n) is 3.30. The Morgan fingerprint density at radius 1 is 1.25 bits per heavy atom. The van der Waals surface area contributed by atoms with Crippen LogP contribution in [0.15, 0.2) is 30.6 Å². The zero-order valence-electron chi connectivity index (χ0n) is 12.3. The molecule has 1 aliphatic carbocycles. The molecule has 0 saturated carbocycles. The zero-order chi connectivity index (χ0) is 14.1. The van der Waals surface area contributed by atoms with Crippen molar-refractivity contribution in [3.8, 4) is 0 Å². The van der Waals surface area contributed by atoms with Crippen LogP contribution in [0.3, 0.4) is 0 Å². The molecular weight excluding hydrogens is 246 g/mol. The normalized spacial score (nSPS) is 17.6. The second-order valence-electron chi connectivity index (χ2n) is 5.97. The molecule has 0 radical (unpaired) electrons. The van der Waals surface area contributed by atoms with Gasteiger partial charge in [-0.1, -0.05) is 29.8 Å². The molecule has 3 heteroatoms. The van der Waals surface area contributed by atoms with Gasteiger partial charge in [-0.25, -0.2) is 4.98 Å². The zero-order valence-corrected chi connectivity index (χ0v) is 12.3. The van der Waals surface area contributed by atoms with E-state index in [1.165, 1.54) is 35.4 Å². The third-order valence-corrected chi connectivity index (χ3v) is 4.24. The van der Waals surface area contributed by atoms with Crippen LogP contribution >= 0.6 is 0 Å². The smallest absolute Gasteiger partial charge is 0.0957 e. The van der Waals surface area contributed by atoms with Crippen molar-refractivity contribution < 1.29 is 0 Å². The lowest BCUT2D eigenvalue weighted by molar-refractivity contribution is 0.473. The highest BCUT2D eigenvalue weighted by atomic mass is 15.1. The number of aromatic nitrogens is 2.